The highest BCUT2D eigenvalue weighted by Gasteiger charge is 2.04. The zero-order valence-corrected chi connectivity index (χ0v) is 10.0. The second kappa shape index (κ2) is 5.50. The number of rotatable bonds is 5. The third kappa shape index (κ3) is 3.07. The molecule has 1 N–H and O–H groups in total. The van der Waals surface area contributed by atoms with Gasteiger partial charge in [0.05, 0.1) is 6.26 Å². The highest BCUT2D eigenvalue weighted by molar-refractivity contribution is 5.20. The Hall–Kier alpha value is -1.81. The molecule has 4 nitrogen and oxygen atoms in total. The smallest absolute Gasteiger partial charge is 0.213 e. The SMILES string of the molecule is CNC(C)c1ccc(OCc2ccco2)nc1. The lowest BCUT2D eigenvalue weighted by molar-refractivity contribution is 0.260. The van der Waals surface area contributed by atoms with Crippen molar-refractivity contribution in [2.75, 3.05) is 7.05 Å². The van der Waals surface area contributed by atoms with Gasteiger partial charge >= 0.3 is 0 Å². The number of furan rings is 1. The van der Waals surface area contributed by atoms with Gasteiger partial charge in [-0.1, -0.05) is 6.07 Å². The van der Waals surface area contributed by atoms with E-state index in [1.807, 2.05) is 37.5 Å². The van der Waals surface area contributed by atoms with Crippen LogP contribution < -0.4 is 10.1 Å². The van der Waals surface area contributed by atoms with Gasteiger partial charge in [-0.25, -0.2) is 4.98 Å². The zero-order chi connectivity index (χ0) is 12.1. The molecule has 2 aromatic heterocycles. The fourth-order valence-corrected chi connectivity index (χ4v) is 1.44. The highest BCUT2D eigenvalue weighted by Crippen LogP contribution is 2.15. The van der Waals surface area contributed by atoms with Crippen molar-refractivity contribution in [2.45, 2.75) is 19.6 Å². The maximum atomic E-state index is 5.49. The van der Waals surface area contributed by atoms with Gasteiger partial charge in [0.25, 0.3) is 0 Å². The lowest BCUT2D eigenvalue weighted by Crippen LogP contribution is -2.12. The van der Waals surface area contributed by atoms with E-state index in [2.05, 4.69) is 17.2 Å². The summed E-state index contributed by atoms with van der Waals surface area (Å²) >= 11 is 0. The molecule has 0 radical (unpaired) electrons. The first kappa shape index (κ1) is 11.7. The second-order valence-electron chi connectivity index (χ2n) is 3.81. The molecule has 2 heterocycles. The minimum Gasteiger partial charge on any atom is -0.469 e. The maximum Gasteiger partial charge on any atom is 0.213 e. The van der Waals surface area contributed by atoms with Crippen LogP contribution in [0, 0.1) is 0 Å². The molecule has 17 heavy (non-hydrogen) atoms. The summed E-state index contributed by atoms with van der Waals surface area (Å²) in [7, 11) is 1.92. The van der Waals surface area contributed by atoms with E-state index in [0.717, 1.165) is 11.3 Å². The van der Waals surface area contributed by atoms with Crippen LogP contribution in [-0.2, 0) is 6.61 Å². The van der Waals surface area contributed by atoms with Crippen LogP contribution in [0.5, 0.6) is 5.88 Å². The van der Waals surface area contributed by atoms with Gasteiger partial charge in [0.1, 0.15) is 12.4 Å². The first-order valence-corrected chi connectivity index (χ1v) is 5.58. The molecule has 0 saturated carbocycles. The molecule has 2 aromatic rings. The first-order valence-electron chi connectivity index (χ1n) is 5.58. The predicted molar refractivity (Wildman–Crippen MR) is 64.8 cm³/mol. The monoisotopic (exact) mass is 232 g/mol. The molecule has 0 spiro atoms. The number of ether oxygens (including phenoxy) is 1. The Morgan fingerprint density at radius 1 is 1.41 bits per heavy atom. The van der Waals surface area contributed by atoms with Crippen molar-refractivity contribution in [2.24, 2.45) is 0 Å². The minimum absolute atomic E-state index is 0.293. The molecule has 1 atom stereocenters. The Kier molecular flexibility index (Phi) is 3.77. The molecule has 0 fully saturated rings. The molecule has 0 aliphatic carbocycles. The summed E-state index contributed by atoms with van der Waals surface area (Å²) in [6.45, 7) is 2.49. The number of aromatic nitrogens is 1. The van der Waals surface area contributed by atoms with Crippen molar-refractivity contribution in [3.63, 3.8) is 0 Å². The lowest BCUT2D eigenvalue weighted by atomic mass is 10.1. The summed E-state index contributed by atoms with van der Waals surface area (Å²) in [4.78, 5) is 4.24. The summed E-state index contributed by atoms with van der Waals surface area (Å²) in [5.74, 6) is 1.40. The number of hydrogen-bond acceptors (Lipinski definition) is 4. The van der Waals surface area contributed by atoms with Gasteiger partial charge in [0.15, 0.2) is 0 Å². The Bertz CT molecular complexity index is 437. The zero-order valence-electron chi connectivity index (χ0n) is 10.0. The average molecular weight is 232 g/mol. The van der Waals surface area contributed by atoms with E-state index in [-0.39, 0.29) is 0 Å². The van der Waals surface area contributed by atoms with Crippen molar-refractivity contribution >= 4 is 0 Å². The molecule has 0 bridgehead atoms. The Morgan fingerprint density at radius 3 is 2.88 bits per heavy atom. The largest absolute Gasteiger partial charge is 0.469 e. The van der Waals surface area contributed by atoms with Gasteiger partial charge < -0.3 is 14.5 Å². The van der Waals surface area contributed by atoms with Crippen LogP contribution in [0.3, 0.4) is 0 Å². The van der Waals surface area contributed by atoms with Crippen molar-refractivity contribution in [3.05, 3.63) is 48.0 Å². The number of pyridine rings is 1. The summed E-state index contributed by atoms with van der Waals surface area (Å²) < 4.78 is 10.7. The molecule has 1 unspecified atom stereocenters. The van der Waals surface area contributed by atoms with E-state index in [1.54, 1.807) is 6.26 Å². The standard InChI is InChI=1S/C13H16N2O2/c1-10(14-2)11-5-6-13(15-8-11)17-9-12-4-3-7-16-12/h3-8,10,14H,9H2,1-2H3. The molecule has 0 aliphatic rings. The minimum atomic E-state index is 0.293. The molecule has 0 aromatic carbocycles. The van der Waals surface area contributed by atoms with Crippen molar-refractivity contribution in [1.29, 1.82) is 0 Å². The van der Waals surface area contributed by atoms with Gasteiger partial charge in [0.2, 0.25) is 5.88 Å². The van der Waals surface area contributed by atoms with E-state index in [9.17, 15) is 0 Å². The topological polar surface area (TPSA) is 47.3 Å². The van der Waals surface area contributed by atoms with Gasteiger partial charge in [-0.3, -0.25) is 0 Å². The van der Waals surface area contributed by atoms with Crippen molar-refractivity contribution < 1.29 is 9.15 Å². The van der Waals surface area contributed by atoms with Crippen molar-refractivity contribution in [3.8, 4) is 5.88 Å². The fourth-order valence-electron chi connectivity index (χ4n) is 1.44. The quantitative estimate of drug-likeness (QED) is 0.860. The Morgan fingerprint density at radius 2 is 2.29 bits per heavy atom. The normalized spacial score (nSPS) is 12.4. The third-order valence-corrected chi connectivity index (χ3v) is 2.63. The fraction of sp³-hybridized carbons (Fsp3) is 0.308. The third-order valence-electron chi connectivity index (χ3n) is 2.63. The molecule has 4 heteroatoms. The molecule has 0 saturated heterocycles. The number of nitrogens with one attached hydrogen (secondary N) is 1. The van der Waals surface area contributed by atoms with Crippen LogP contribution in [0.4, 0.5) is 0 Å². The Balaban J connectivity index is 1.94. The summed E-state index contributed by atoms with van der Waals surface area (Å²) in [6.07, 6.45) is 3.45. The van der Waals surface area contributed by atoms with Crippen LogP contribution >= 0.6 is 0 Å². The van der Waals surface area contributed by atoms with E-state index in [4.69, 9.17) is 9.15 Å². The lowest BCUT2D eigenvalue weighted by Gasteiger charge is -2.10. The maximum absolute atomic E-state index is 5.49. The van der Waals surface area contributed by atoms with E-state index < -0.39 is 0 Å². The highest BCUT2D eigenvalue weighted by atomic mass is 16.5. The van der Waals surface area contributed by atoms with Gasteiger partial charge in [-0.05, 0) is 31.7 Å². The predicted octanol–water partition coefficient (Wildman–Crippen LogP) is 2.53. The molecule has 2 rings (SSSR count). The van der Waals surface area contributed by atoms with E-state index in [1.165, 1.54) is 0 Å². The Labute approximate surface area is 101 Å². The molecular weight excluding hydrogens is 216 g/mol. The first-order chi connectivity index (χ1) is 8.29. The molecular formula is C13H16N2O2. The second-order valence-corrected chi connectivity index (χ2v) is 3.81. The summed E-state index contributed by atoms with van der Waals surface area (Å²) in [5.41, 5.74) is 1.14. The van der Waals surface area contributed by atoms with Crippen LogP contribution in [0.2, 0.25) is 0 Å². The average Bonchev–Trinajstić information content (AvgIpc) is 2.89. The number of nitrogens with zero attached hydrogens (tertiary/aromatic N) is 1. The van der Waals surface area contributed by atoms with Crippen LogP contribution in [0.15, 0.2) is 41.1 Å². The van der Waals surface area contributed by atoms with Crippen molar-refractivity contribution in [1.82, 2.24) is 10.3 Å². The van der Waals surface area contributed by atoms with Crippen LogP contribution in [-0.4, -0.2) is 12.0 Å². The van der Waals surface area contributed by atoms with Gasteiger partial charge in [-0.2, -0.15) is 0 Å². The van der Waals surface area contributed by atoms with Gasteiger partial charge in [-0.15, -0.1) is 0 Å². The summed E-state index contributed by atoms with van der Waals surface area (Å²) in [6, 6.07) is 7.88. The van der Waals surface area contributed by atoms with Crippen LogP contribution in [0.25, 0.3) is 0 Å². The summed E-state index contributed by atoms with van der Waals surface area (Å²) in [5, 5.41) is 3.16. The number of hydrogen-bond donors (Lipinski definition) is 1. The van der Waals surface area contributed by atoms with Crippen LogP contribution in [0.1, 0.15) is 24.3 Å². The van der Waals surface area contributed by atoms with E-state index >= 15 is 0 Å². The van der Waals surface area contributed by atoms with Gasteiger partial charge in [0, 0.05) is 18.3 Å². The molecule has 0 amide bonds. The van der Waals surface area contributed by atoms with E-state index in [0.29, 0.717) is 18.5 Å². The molecule has 0 aliphatic heterocycles. The molecule has 90 valence electrons.